The summed E-state index contributed by atoms with van der Waals surface area (Å²) in [5, 5.41) is 12.7. The monoisotopic (exact) mass is 356 g/mol. The van der Waals surface area contributed by atoms with Gasteiger partial charge >= 0.3 is 0 Å². The predicted molar refractivity (Wildman–Crippen MR) is 96.0 cm³/mol. The second-order valence-electron chi connectivity index (χ2n) is 6.82. The lowest BCUT2D eigenvalue weighted by molar-refractivity contribution is -0.142. The van der Waals surface area contributed by atoms with Gasteiger partial charge in [-0.3, -0.25) is 9.59 Å². The third kappa shape index (κ3) is 3.74. The molecule has 0 N–H and O–H groups in total. The number of piperazine rings is 1. The summed E-state index contributed by atoms with van der Waals surface area (Å²) in [6, 6.07) is 9.06. The molecule has 0 bridgehead atoms. The molecule has 1 unspecified atom stereocenters. The first-order valence-electron chi connectivity index (χ1n) is 8.86. The largest absolute Gasteiger partial charge is 0.339 e. The normalized spacial score (nSPS) is 16.0. The molecule has 0 radical (unpaired) electrons. The van der Waals surface area contributed by atoms with Gasteiger partial charge in [0.15, 0.2) is 6.04 Å². The van der Waals surface area contributed by atoms with E-state index in [0.29, 0.717) is 32.0 Å². The topological polar surface area (TPSA) is 84.2 Å². The molecular formula is C18H24N6O2. The van der Waals surface area contributed by atoms with Crippen molar-refractivity contribution in [3.63, 3.8) is 0 Å². The van der Waals surface area contributed by atoms with E-state index in [1.54, 1.807) is 16.7 Å². The molecule has 1 saturated heterocycles. The van der Waals surface area contributed by atoms with Crippen LogP contribution in [0.1, 0.15) is 26.8 Å². The number of carbonyl (C=O) groups excluding carboxylic acids is 2. The minimum Gasteiger partial charge on any atom is -0.339 e. The van der Waals surface area contributed by atoms with E-state index >= 15 is 0 Å². The van der Waals surface area contributed by atoms with Crippen molar-refractivity contribution in [1.29, 1.82) is 0 Å². The van der Waals surface area contributed by atoms with Gasteiger partial charge in [0, 0.05) is 38.7 Å². The zero-order valence-corrected chi connectivity index (χ0v) is 15.4. The Hall–Kier alpha value is -2.77. The molecule has 0 spiro atoms. The first-order chi connectivity index (χ1) is 12.5. The van der Waals surface area contributed by atoms with Crippen LogP contribution in [0.5, 0.6) is 0 Å². The molecule has 1 aliphatic rings. The molecule has 1 aromatic heterocycles. The van der Waals surface area contributed by atoms with Gasteiger partial charge in [0.25, 0.3) is 0 Å². The molecule has 3 rings (SSSR count). The fourth-order valence-corrected chi connectivity index (χ4v) is 3.13. The molecule has 8 nitrogen and oxygen atoms in total. The van der Waals surface area contributed by atoms with Crippen LogP contribution < -0.4 is 0 Å². The summed E-state index contributed by atoms with van der Waals surface area (Å²) in [5.74, 6) is 0.541. The number of carbonyl (C=O) groups is 2. The smallest absolute Gasteiger partial charge is 0.249 e. The minimum atomic E-state index is -0.510. The number of rotatable bonds is 4. The van der Waals surface area contributed by atoms with Gasteiger partial charge in [-0.2, -0.15) is 4.80 Å². The van der Waals surface area contributed by atoms with E-state index in [2.05, 4.69) is 15.4 Å². The van der Waals surface area contributed by atoms with Crippen molar-refractivity contribution in [1.82, 2.24) is 30.0 Å². The van der Waals surface area contributed by atoms with Crippen LogP contribution in [0.4, 0.5) is 0 Å². The zero-order chi connectivity index (χ0) is 18.7. The van der Waals surface area contributed by atoms with Crippen LogP contribution in [-0.4, -0.2) is 68.0 Å². The second-order valence-corrected chi connectivity index (χ2v) is 6.82. The van der Waals surface area contributed by atoms with Crippen molar-refractivity contribution in [2.75, 3.05) is 26.2 Å². The van der Waals surface area contributed by atoms with Crippen molar-refractivity contribution >= 4 is 11.8 Å². The van der Waals surface area contributed by atoms with Crippen molar-refractivity contribution < 1.29 is 9.59 Å². The fourth-order valence-electron chi connectivity index (χ4n) is 3.13. The Labute approximate surface area is 152 Å². The summed E-state index contributed by atoms with van der Waals surface area (Å²) in [4.78, 5) is 29.5. The van der Waals surface area contributed by atoms with E-state index in [9.17, 15) is 9.59 Å². The van der Waals surface area contributed by atoms with Crippen LogP contribution in [0, 0.1) is 5.92 Å². The summed E-state index contributed by atoms with van der Waals surface area (Å²) < 4.78 is 0. The summed E-state index contributed by atoms with van der Waals surface area (Å²) >= 11 is 0. The SMILES string of the molecule is CC(=O)N1CCN(C(=O)C(C(C)C)n2nnc(-c3ccccc3)n2)CC1. The Kier molecular flexibility index (Phi) is 5.29. The number of hydrogen-bond acceptors (Lipinski definition) is 5. The van der Waals surface area contributed by atoms with Crippen LogP contribution in [0.3, 0.4) is 0 Å². The first-order valence-corrected chi connectivity index (χ1v) is 8.86. The molecule has 26 heavy (non-hydrogen) atoms. The highest BCUT2D eigenvalue weighted by atomic mass is 16.2. The summed E-state index contributed by atoms with van der Waals surface area (Å²) in [7, 11) is 0. The Morgan fingerprint density at radius 1 is 1.00 bits per heavy atom. The molecule has 0 aliphatic carbocycles. The average molecular weight is 356 g/mol. The molecular weight excluding hydrogens is 332 g/mol. The first kappa shape index (κ1) is 18.0. The van der Waals surface area contributed by atoms with E-state index < -0.39 is 6.04 Å². The lowest BCUT2D eigenvalue weighted by Gasteiger charge is -2.36. The number of amides is 2. The Balaban J connectivity index is 1.76. The van der Waals surface area contributed by atoms with Gasteiger partial charge in [0.1, 0.15) is 0 Å². The Morgan fingerprint density at radius 3 is 2.19 bits per heavy atom. The van der Waals surface area contributed by atoms with Crippen LogP contribution in [0.2, 0.25) is 0 Å². The predicted octanol–water partition coefficient (Wildman–Crippen LogP) is 1.23. The Bertz CT molecular complexity index is 765. The third-order valence-corrected chi connectivity index (χ3v) is 4.63. The lowest BCUT2D eigenvalue weighted by Crippen LogP contribution is -2.52. The van der Waals surface area contributed by atoms with Crippen LogP contribution >= 0.6 is 0 Å². The van der Waals surface area contributed by atoms with Crippen molar-refractivity contribution in [2.24, 2.45) is 5.92 Å². The molecule has 138 valence electrons. The number of aromatic nitrogens is 4. The number of tetrazole rings is 1. The quantitative estimate of drug-likeness (QED) is 0.823. The summed E-state index contributed by atoms with van der Waals surface area (Å²) in [6.07, 6.45) is 0. The van der Waals surface area contributed by atoms with Gasteiger partial charge in [-0.15, -0.1) is 10.2 Å². The van der Waals surface area contributed by atoms with Gasteiger partial charge in [-0.1, -0.05) is 44.2 Å². The third-order valence-electron chi connectivity index (χ3n) is 4.63. The molecule has 8 heteroatoms. The van der Waals surface area contributed by atoms with E-state index in [-0.39, 0.29) is 17.7 Å². The standard InChI is InChI=1S/C18H24N6O2/c1-13(2)16(18(26)23-11-9-22(10-12-23)14(3)25)24-20-17(19-21-24)15-7-5-4-6-8-15/h4-8,13,16H,9-12H2,1-3H3. The maximum absolute atomic E-state index is 13.1. The molecule has 2 aromatic rings. The highest BCUT2D eigenvalue weighted by Crippen LogP contribution is 2.21. The Morgan fingerprint density at radius 2 is 1.62 bits per heavy atom. The van der Waals surface area contributed by atoms with Crippen molar-refractivity contribution in [3.05, 3.63) is 30.3 Å². The van der Waals surface area contributed by atoms with E-state index in [4.69, 9.17) is 0 Å². The second kappa shape index (κ2) is 7.63. The molecule has 2 amide bonds. The fraction of sp³-hybridized carbons (Fsp3) is 0.500. The van der Waals surface area contributed by atoms with E-state index in [0.717, 1.165) is 5.56 Å². The zero-order valence-electron chi connectivity index (χ0n) is 15.4. The van der Waals surface area contributed by atoms with Crippen LogP contribution in [0.15, 0.2) is 30.3 Å². The van der Waals surface area contributed by atoms with Gasteiger partial charge in [0.2, 0.25) is 17.6 Å². The molecule has 1 aromatic carbocycles. The number of hydrogen-bond donors (Lipinski definition) is 0. The summed E-state index contributed by atoms with van der Waals surface area (Å²) in [5.41, 5.74) is 0.865. The lowest BCUT2D eigenvalue weighted by atomic mass is 10.0. The maximum atomic E-state index is 13.1. The van der Waals surface area contributed by atoms with E-state index in [1.807, 2.05) is 44.2 Å². The van der Waals surface area contributed by atoms with Crippen molar-refractivity contribution in [3.8, 4) is 11.4 Å². The number of benzene rings is 1. The minimum absolute atomic E-state index is 0.0196. The van der Waals surface area contributed by atoms with Gasteiger partial charge in [-0.25, -0.2) is 0 Å². The molecule has 2 heterocycles. The average Bonchev–Trinajstić information content (AvgIpc) is 3.12. The van der Waals surface area contributed by atoms with Crippen LogP contribution in [0.25, 0.3) is 11.4 Å². The molecule has 0 saturated carbocycles. The van der Waals surface area contributed by atoms with Crippen molar-refractivity contribution in [2.45, 2.75) is 26.8 Å². The maximum Gasteiger partial charge on any atom is 0.249 e. The highest BCUT2D eigenvalue weighted by molar-refractivity contribution is 5.81. The molecule has 1 aliphatic heterocycles. The van der Waals surface area contributed by atoms with E-state index in [1.165, 1.54) is 4.80 Å². The van der Waals surface area contributed by atoms with Gasteiger partial charge < -0.3 is 9.80 Å². The molecule has 1 atom stereocenters. The van der Waals surface area contributed by atoms with Gasteiger partial charge in [-0.05, 0) is 11.1 Å². The van der Waals surface area contributed by atoms with Crippen LogP contribution in [-0.2, 0) is 9.59 Å². The molecule has 1 fully saturated rings. The number of nitrogens with zero attached hydrogens (tertiary/aromatic N) is 6. The van der Waals surface area contributed by atoms with Gasteiger partial charge in [0.05, 0.1) is 0 Å². The highest BCUT2D eigenvalue weighted by Gasteiger charge is 2.33. The summed E-state index contributed by atoms with van der Waals surface area (Å²) in [6.45, 7) is 7.68.